The Kier molecular flexibility index (Phi) is 6.70. The van der Waals surface area contributed by atoms with Gasteiger partial charge in [-0.05, 0) is 34.1 Å². The van der Waals surface area contributed by atoms with E-state index in [2.05, 4.69) is 15.5 Å². The smallest absolute Gasteiger partial charge is 0.233 e. The van der Waals surface area contributed by atoms with Crippen LogP contribution in [0.25, 0.3) is 0 Å². The van der Waals surface area contributed by atoms with Crippen molar-refractivity contribution in [1.29, 1.82) is 0 Å². The normalized spacial score (nSPS) is 10.3. The van der Waals surface area contributed by atoms with E-state index in [1.807, 2.05) is 14.1 Å². The molecule has 0 aromatic heterocycles. The molecule has 2 N–H and O–H groups in total. The number of hydrogen-bond acceptors (Lipinski definition) is 3. The molecule has 0 saturated heterocycles. The summed E-state index contributed by atoms with van der Waals surface area (Å²) < 4.78 is 0. The number of nitrogens with zero attached hydrogens (tertiary/aromatic N) is 1. The Morgan fingerprint density at radius 1 is 1.42 bits per heavy atom. The SMILES string of the molecule is CNCC(=O)NCCCN(C)C. The van der Waals surface area contributed by atoms with Gasteiger partial charge in [0, 0.05) is 6.54 Å². The van der Waals surface area contributed by atoms with Gasteiger partial charge in [-0.15, -0.1) is 0 Å². The first kappa shape index (κ1) is 11.4. The average molecular weight is 173 g/mol. The molecule has 0 rings (SSSR count). The van der Waals surface area contributed by atoms with E-state index in [9.17, 15) is 4.79 Å². The highest BCUT2D eigenvalue weighted by atomic mass is 16.1. The molecule has 0 heterocycles. The van der Waals surface area contributed by atoms with Crippen molar-refractivity contribution >= 4 is 5.91 Å². The van der Waals surface area contributed by atoms with Gasteiger partial charge in [-0.1, -0.05) is 0 Å². The standard InChI is InChI=1S/C8H19N3O/c1-9-7-8(12)10-5-4-6-11(2)3/h9H,4-7H2,1-3H3,(H,10,12). The quantitative estimate of drug-likeness (QED) is 0.521. The van der Waals surface area contributed by atoms with Crippen LogP contribution in [0.15, 0.2) is 0 Å². The minimum atomic E-state index is 0.0660. The second-order valence-corrected chi connectivity index (χ2v) is 3.04. The van der Waals surface area contributed by atoms with Gasteiger partial charge < -0.3 is 15.5 Å². The van der Waals surface area contributed by atoms with E-state index in [1.165, 1.54) is 0 Å². The van der Waals surface area contributed by atoms with Crippen LogP contribution in [0.2, 0.25) is 0 Å². The number of carbonyl (C=O) groups excluding carboxylic acids is 1. The summed E-state index contributed by atoms with van der Waals surface area (Å²) in [6, 6.07) is 0. The van der Waals surface area contributed by atoms with Gasteiger partial charge >= 0.3 is 0 Å². The largest absolute Gasteiger partial charge is 0.355 e. The van der Waals surface area contributed by atoms with Gasteiger partial charge in [0.2, 0.25) is 5.91 Å². The molecular formula is C8H19N3O. The summed E-state index contributed by atoms with van der Waals surface area (Å²) in [5.41, 5.74) is 0. The summed E-state index contributed by atoms with van der Waals surface area (Å²) in [5.74, 6) is 0.0660. The fourth-order valence-electron chi connectivity index (χ4n) is 0.846. The minimum Gasteiger partial charge on any atom is -0.355 e. The van der Waals surface area contributed by atoms with Gasteiger partial charge in [0.1, 0.15) is 0 Å². The monoisotopic (exact) mass is 173 g/mol. The number of hydrogen-bond donors (Lipinski definition) is 2. The Hall–Kier alpha value is -0.610. The van der Waals surface area contributed by atoms with Crippen molar-refractivity contribution in [2.45, 2.75) is 6.42 Å². The van der Waals surface area contributed by atoms with Crippen LogP contribution in [0.4, 0.5) is 0 Å². The van der Waals surface area contributed by atoms with Crippen LogP contribution in [0.5, 0.6) is 0 Å². The van der Waals surface area contributed by atoms with Crippen LogP contribution in [-0.2, 0) is 4.79 Å². The number of rotatable bonds is 6. The molecule has 0 aliphatic carbocycles. The molecule has 0 bridgehead atoms. The molecule has 4 nitrogen and oxygen atoms in total. The van der Waals surface area contributed by atoms with Crippen LogP contribution in [0, 0.1) is 0 Å². The predicted molar refractivity (Wildman–Crippen MR) is 50.1 cm³/mol. The van der Waals surface area contributed by atoms with Crippen LogP contribution >= 0.6 is 0 Å². The molecule has 4 heteroatoms. The van der Waals surface area contributed by atoms with Crippen molar-refractivity contribution in [3.8, 4) is 0 Å². The molecule has 0 aliphatic heterocycles. The van der Waals surface area contributed by atoms with Crippen LogP contribution < -0.4 is 10.6 Å². The molecule has 0 radical (unpaired) electrons. The number of amides is 1. The third-order valence-corrected chi connectivity index (χ3v) is 1.44. The average Bonchev–Trinajstić information content (AvgIpc) is 1.98. The molecule has 0 unspecified atom stereocenters. The fraction of sp³-hybridized carbons (Fsp3) is 0.875. The van der Waals surface area contributed by atoms with Gasteiger partial charge in [0.25, 0.3) is 0 Å². The number of likely N-dealkylation sites (N-methyl/N-ethyl adjacent to an activating group) is 1. The molecule has 0 aromatic carbocycles. The zero-order chi connectivity index (χ0) is 9.40. The first-order chi connectivity index (χ1) is 5.66. The summed E-state index contributed by atoms with van der Waals surface area (Å²) in [6.45, 7) is 2.18. The molecule has 0 aliphatic rings. The van der Waals surface area contributed by atoms with Gasteiger partial charge in [-0.3, -0.25) is 4.79 Å². The van der Waals surface area contributed by atoms with Crippen molar-refractivity contribution < 1.29 is 4.79 Å². The van der Waals surface area contributed by atoms with Crippen LogP contribution in [-0.4, -0.2) is 51.6 Å². The summed E-state index contributed by atoms with van der Waals surface area (Å²) in [4.78, 5) is 13.0. The lowest BCUT2D eigenvalue weighted by Crippen LogP contribution is -2.33. The maximum absolute atomic E-state index is 10.9. The second kappa shape index (κ2) is 7.06. The van der Waals surface area contributed by atoms with Crippen molar-refractivity contribution in [2.24, 2.45) is 0 Å². The summed E-state index contributed by atoms with van der Waals surface area (Å²) in [6.07, 6.45) is 1.00. The third kappa shape index (κ3) is 7.50. The topological polar surface area (TPSA) is 44.4 Å². The zero-order valence-corrected chi connectivity index (χ0v) is 8.18. The van der Waals surface area contributed by atoms with E-state index in [1.54, 1.807) is 7.05 Å². The molecule has 72 valence electrons. The highest BCUT2D eigenvalue weighted by Crippen LogP contribution is 1.80. The Labute approximate surface area is 74.3 Å². The molecule has 12 heavy (non-hydrogen) atoms. The number of nitrogens with one attached hydrogen (secondary N) is 2. The Bertz CT molecular complexity index is 125. The first-order valence-electron chi connectivity index (χ1n) is 4.23. The van der Waals surface area contributed by atoms with Crippen molar-refractivity contribution in [1.82, 2.24) is 15.5 Å². The van der Waals surface area contributed by atoms with Crippen molar-refractivity contribution in [3.05, 3.63) is 0 Å². The molecule has 0 spiro atoms. The molecular weight excluding hydrogens is 154 g/mol. The van der Waals surface area contributed by atoms with E-state index in [0.29, 0.717) is 6.54 Å². The van der Waals surface area contributed by atoms with Gasteiger partial charge in [0.15, 0.2) is 0 Å². The summed E-state index contributed by atoms with van der Waals surface area (Å²) >= 11 is 0. The molecule has 0 fully saturated rings. The minimum absolute atomic E-state index is 0.0660. The van der Waals surface area contributed by atoms with Gasteiger partial charge in [-0.25, -0.2) is 0 Å². The van der Waals surface area contributed by atoms with E-state index < -0.39 is 0 Å². The Balaban J connectivity index is 3.14. The Morgan fingerprint density at radius 3 is 2.58 bits per heavy atom. The zero-order valence-electron chi connectivity index (χ0n) is 8.18. The lowest BCUT2D eigenvalue weighted by Gasteiger charge is -2.09. The van der Waals surface area contributed by atoms with Crippen molar-refractivity contribution in [2.75, 3.05) is 40.8 Å². The molecule has 0 saturated carbocycles. The van der Waals surface area contributed by atoms with Gasteiger partial charge in [-0.2, -0.15) is 0 Å². The number of carbonyl (C=O) groups is 1. The molecule has 1 amide bonds. The summed E-state index contributed by atoms with van der Waals surface area (Å²) in [7, 11) is 5.81. The highest BCUT2D eigenvalue weighted by molar-refractivity contribution is 5.77. The third-order valence-electron chi connectivity index (χ3n) is 1.44. The summed E-state index contributed by atoms with van der Waals surface area (Å²) in [5, 5.41) is 5.61. The molecule has 0 atom stereocenters. The highest BCUT2D eigenvalue weighted by Gasteiger charge is 1.96. The second-order valence-electron chi connectivity index (χ2n) is 3.04. The molecule has 0 aromatic rings. The van der Waals surface area contributed by atoms with E-state index >= 15 is 0 Å². The fourth-order valence-corrected chi connectivity index (χ4v) is 0.846. The maximum Gasteiger partial charge on any atom is 0.233 e. The predicted octanol–water partition coefficient (Wildman–Crippen LogP) is -0.726. The van der Waals surface area contributed by atoms with E-state index in [0.717, 1.165) is 19.5 Å². The first-order valence-corrected chi connectivity index (χ1v) is 4.23. The lowest BCUT2D eigenvalue weighted by atomic mass is 10.4. The Morgan fingerprint density at radius 2 is 2.08 bits per heavy atom. The maximum atomic E-state index is 10.9. The van der Waals surface area contributed by atoms with Crippen LogP contribution in [0.1, 0.15) is 6.42 Å². The van der Waals surface area contributed by atoms with E-state index in [-0.39, 0.29) is 5.91 Å². The van der Waals surface area contributed by atoms with E-state index in [4.69, 9.17) is 0 Å². The van der Waals surface area contributed by atoms with Gasteiger partial charge in [0.05, 0.1) is 6.54 Å². The van der Waals surface area contributed by atoms with Crippen LogP contribution in [0.3, 0.4) is 0 Å². The van der Waals surface area contributed by atoms with Crippen molar-refractivity contribution in [3.63, 3.8) is 0 Å². The lowest BCUT2D eigenvalue weighted by molar-refractivity contribution is -0.120.